The summed E-state index contributed by atoms with van der Waals surface area (Å²) in [5.41, 5.74) is 6.34. The minimum Gasteiger partial charge on any atom is -0.336 e. The van der Waals surface area contributed by atoms with E-state index in [0.29, 0.717) is 12.1 Å². The monoisotopic (exact) mass is 356 g/mol. The molecule has 1 aliphatic carbocycles. The molecule has 3 nitrogen and oxygen atoms in total. The highest BCUT2D eigenvalue weighted by atomic mass is 79.9. The molecule has 1 aromatic rings. The minimum atomic E-state index is -0.400. The molecule has 0 aliphatic heterocycles. The molecule has 2 N–H and O–H groups in total. The number of halogens is 2. The van der Waals surface area contributed by atoms with E-state index in [1.54, 1.807) is 12.1 Å². The van der Waals surface area contributed by atoms with Crippen molar-refractivity contribution in [2.45, 2.75) is 51.1 Å². The minimum absolute atomic E-state index is 0.0938. The van der Waals surface area contributed by atoms with Crippen molar-refractivity contribution in [3.8, 4) is 0 Å². The Morgan fingerprint density at radius 1 is 1.38 bits per heavy atom. The highest BCUT2D eigenvalue weighted by molar-refractivity contribution is 9.10. The third-order valence-electron chi connectivity index (χ3n) is 4.09. The molecule has 0 spiro atoms. The quantitative estimate of drug-likeness (QED) is 0.893. The second-order valence-corrected chi connectivity index (χ2v) is 6.46. The van der Waals surface area contributed by atoms with Gasteiger partial charge in [0.1, 0.15) is 5.82 Å². The maximum atomic E-state index is 13.6. The van der Waals surface area contributed by atoms with E-state index in [1.807, 2.05) is 4.90 Å². The number of rotatable bonds is 4. The van der Waals surface area contributed by atoms with Crippen molar-refractivity contribution in [2.75, 3.05) is 6.54 Å². The molecule has 1 fully saturated rings. The zero-order valence-electron chi connectivity index (χ0n) is 12.3. The first kappa shape index (κ1) is 16.4. The van der Waals surface area contributed by atoms with Crippen LogP contribution in [0.1, 0.15) is 49.4 Å². The van der Waals surface area contributed by atoms with Crippen molar-refractivity contribution < 1.29 is 9.18 Å². The van der Waals surface area contributed by atoms with Gasteiger partial charge in [-0.1, -0.05) is 13.0 Å². The van der Waals surface area contributed by atoms with Crippen molar-refractivity contribution in [1.29, 1.82) is 0 Å². The van der Waals surface area contributed by atoms with Crippen LogP contribution in [0.3, 0.4) is 0 Å². The van der Waals surface area contributed by atoms with Gasteiger partial charge >= 0.3 is 0 Å². The van der Waals surface area contributed by atoms with Crippen LogP contribution in [0.25, 0.3) is 0 Å². The lowest BCUT2D eigenvalue weighted by molar-refractivity contribution is 0.0625. The van der Waals surface area contributed by atoms with Gasteiger partial charge in [-0.2, -0.15) is 0 Å². The Hall–Kier alpha value is -0.940. The number of nitrogens with zero attached hydrogens (tertiary/aromatic N) is 1. The van der Waals surface area contributed by atoms with E-state index in [0.717, 1.165) is 32.1 Å². The Labute approximate surface area is 133 Å². The molecule has 0 atom stereocenters. The van der Waals surface area contributed by atoms with Crippen molar-refractivity contribution in [1.82, 2.24) is 4.90 Å². The Kier molecular flexibility index (Phi) is 5.76. The van der Waals surface area contributed by atoms with Crippen LogP contribution in [0.4, 0.5) is 4.39 Å². The zero-order chi connectivity index (χ0) is 15.4. The molecule has 0 heterocycles. The highest BCUT2D eigenvalue weighted by Crippen LogP contribution is 2.27. The summed E-state index contributed by atoms with van der Waals surface area (Å²) in [6, 6.07) is 5.07. The van der Waals surface area contributed by atoms with Crippen LogP contribution in [0.2, 0.25) is 0 Å². The van der Waals surface area contributed by atoms with Crippen LogP contribution in [-0.4, -0.2) is 29.4 Å². The van der Waals surface area contributed by atoms with E-state index < -0.39 is 5.82 Å². The van der Waals surface area contributed by atoms with Crippen LogP contribution in [0.15, 0.2) is 22.7 Å². The van der Waals surface area contributed by atoms with Gasteiger partial charge in [-0.3, -0.25) is 4.79 Å². The van der Waals surface area contributed by atoms with Gasteiger partial charge in [0.25, 0.3) is 5.91 Å². The molecular weight excluding hydrogens is 335 g/mol. The number of carbonyl (C=O) groups is 1. The number of nitrogens with two attached hydrogens (primary N) is 1. The second kappa shape index (κ2) is 7.36. The topological polar surface area (TPSA) is 46.3 Å². The number of carbonyl (C=O) groups excluding carboxylic acids is 1. The standard InChI is InChI=1S/C16H22BrFN2O/c1-2-10-20(12-8-6-11(19)7-9-12)16(21)13-4-3-5-14(18)15(13)17/h3-5,11-12H,2,6-10,19H2,1H3. The molecule has 1 saturated carbocycles. The zero-order valence-corrected chi connectivity index (χ0v) is 13.9. The molecule has 5 heteroatoms. The van der Waals surface area contributed by atoms with Gasteiger partial charge in [0.2, 0.25) is 0 Å². The van der Waals surface area contributed by atoms with Gasteiger partial charge in [-0.05, 0) is 60.2 Å². The molecule has 116 valence electrons. The predicted molar refractivity (Wildman–Crippen MR) is 85.7 cm³/mol. The lowest BCUT2D eigenvalue weighted by atomic mass is 9.90. The lowest BCUT2D eigenvalue weighted by Crippen LogP contribution is -2.44. The van der Waals surface area contributed by atoms with Crippen LogP contribution in [0.5, 0.6) is 0 Å². The van der Waals surface area contributed by atoms with Crippen molar-refractivity contribution in [3.63, 3.8) is 0 Å². The maximum absolute atomic E-state index is 13.6. The van der Waals surface area contributed by atoms with Crippen molar-refractivity contribution in [3.05, 3.63) is 34.1 Å². The third-order valence-corrected chi connectivity index (χ3v) is 4.90. The van der Waals surface area contributed by atoms with Gasteiger partial charge in [-0.15, -0.1) is 0 Å². The Balaban J connectivity index is 2.21. The molecule has 0 unspecified atom stereocenters. The molecule has 1 amide bonds. The van der Waals surface area contributed by atoms with Crippen LogP contribution >= 0.6 is 15.9 Å². The molecular formula is C16H22BrFN2O. The first-order valence-electron chi connectivity index (χ1n) is 7.55. The summed E-state index contributed by atoms with van der Waals surface area (Å²) in [7, 11) is 0. The summed E-state index contributed by atoms with van der Waals surface area (Å²) in [5.74, 6) is -0.494. The average Bonchev–Trinajstić information content (AvgIpc) is 2.48. The average molecular weight is 357 g/mol. The Morgan fingerprint density at radius 3 is 2.67 bits per heavy atom. The molecule has 1 aromatic carbocycles. The van der Waals surface area contributed by atoms with Gasteiger partial charge in [0, 0.05) is 18.6 Å². The number of amides is 1. The second-order valence-electron chi connectivity index (χ2n) is 5.67. The first-order valence-corrected chi connectivity index (χ1v) is 8.34. The van der Waals surface area contributed by atoms with E-state index in [2.05, 4.69) is 22.9 Å². The number of benzene rings is 1. The fraction of sp³-hybridized carbons (Fsp3) is 0.562. The van der Waals surface area contributed by atoms with Crippen molar-refractivity contribution in [2.24, 2.45) is 5.73 Å². The molecule has 0 bridgehead atoms. The van der Waals surface area contributed by atoms with Crippen molar-refractivity contribution >= 4 is 21.8 Å². The molecule has 2 rings (SSSR count). The lowest BCUT2D eigenvalue weighted by Gasteiger charge is -2.36. The molecule has 21 heavy (non-hydrogen) atoms. The highest BCUT2D eigenvalue weighted by Gasteiger charge is 2.29. The molecule has 0 saturated heterocycles. The van der Waals surface area contributed by atoms with Gasteiger partial charge in [-0.25, -0.2) is 4.39 Å². The van der Waals surface area contributed by atoms with E-state index >= 15 is 0 Å². The third kappa shape index (κ3) is 3.83. The number of hydrogen-bond acceptors (Lipinski definition) is 2. The molecule has 0 radical (unpaired) electrons. The predicted octanol–water partition coefficient (Wildman–Crippen LogP) is 3.71. The van der Waals surface area contributed by atoms with Crippen LogP contribution < -0.4 is 5.73 Å². The number of hydrogen-bond donors (Lipinski definition) is 1. The van der Waals surface area contributed by atoms with Gasteiger partial charge in [0.05, 0.1) is 10.0 Å². The summed E-state index contributed by atoms with van der Waals surface area (Å²) < 4.78 is 13.9. The van der Waals surface area contributed by atoms with Gasteiger partial charge < -0.3 is 10.6 Å². The van der Waals surface area contributed by atoms with Crippen LogP contribution in [0, 0.1) is 5.82 Å². The largest absolute Gasteiger partial charge is 0.336 e. The van der Waals surface area contributed by atoms with E-state index in [-0.39, 0.29) is 22.5 Å². The summed E-state index contributed by atoms with van der Waals surface area (Å²) >= 11 is 3.19. The van der Waals surface area contributed by atoms with E-state index in [9.17, 15) is 9.18 Å². The summed E-state index contributed by atoms with van der Waals surface area (Å²) in [6.45, 7) is 2.75. The Bertz CT molecular complexity index is 501. The van der Waals surface area contributed by atoms with E-state index in [1.165, 1.54) is 6.07 Å². The van der Waals surface area contributed by atoms with Gasteiger partial charge in [0.15, 0.2) is 0 Å². The summed E-state index contributed by atoms with van der Waals surface area (Å²) in [5, 5.41) is 0. The SMILES string of the molecule is CCCN(C(=O)c1cccc(F)c1Br)C1CCC(N)CC1. The van der Waals surface area contributed by atoms with Crippen LogP contribution in [-0.2, 0) is 0 Å². The van der Waals surface area contributed by atoms with E-state index in [4.69, 9.17) is 5.73 Å². The first-order chi connectivity index (χ1) is 10.0. The smallest absolute Gasteiger partial charge is 0.255 e. The Morgan fingerprint density at radius 2 is 2.05 bits per heavy atom. The fourth-order valence-electron chi connectivity index (χ4n) is 2.93. The molecule has 0 aromatic heterocycles. The maximum Gasteiger partial charge on any atom is 0.255 e. The fourth-order valence-corrected chi connectivity index (χ4v) is 3.36. The summed E-state index contributed by atoms with van der Waals surface area (Å²) in [4.78, 5) is 14.7. The summed E-state index contributed by atoms with van der Waals surface area (Å²) in [6.07, 6.45) is 4.64. The molecule has 1 aliphatic rings. The normalized spacial score (nSPS) is 22.1.